The van der Waals surface area contributed by atoms with Gasteiger partial charge < -0.3 is 19.8 Å². The third-order valence-corrected chi connectivity index (χ3v) is 3.91. The van der Waals surface area contributed by atoms with Gasteiger partial charge in [-0.1, -0.05) is 30.3 Å². The highest BCUT2D eigenvalue weighted by Gasteiger charge is 2.30. The van der Waals surface area contributed by atoms with Crippen molar-refractivity contribution in [2.75, 3.05) is 18.5 Å². The molecule has 1 aliphatic rings. The van der Waals surface area contributed by atoms with Crippen LogP contribution in [-0.4, -0.2) is 45.3 Å². The molecular weight excluding hydrogens is 326 g/mol. The monoisotopic (exact) mass is 343 g/mol. The summed E-state index contributed by atoms with van der Waals surface area (Å²) in [4.78, 5) is 28.7. The summed E-state index contributed by atoms with van der Waals surface area (Å²) in [6.07, 6.45) is 0.148. The fraction of sp³-hybridized carbons (Fsp3) is 0.235. The maximum atomic E-state index is 12.3. The van der Waals surface area contributed by atoms with Crippen LogP contribution in [0.4, 0.5) is 10.5 Å². The number of benzene rings is 1. The Bertz CT molecular complexity index is 781. The fourth-order valence-corrected chi connectivity index (χ4v) is 2.78. The zero-order chi connectivity index (χ0) is 17.8. The van der Waals surface area contributed by atoms with E-state index in [1.54, 1.807) is 6.07 Å². The molecule has 3 rings (SSSR count). The molecule has 0 radical (unpaired) electrons. The highest BCUT2D eigenvalue weighted by atomic mass is 16.5. The molecule has 0 saturated carbocycles. The second-order valence-electron chi connectivity index (χ2n) is 5.54. The first kappa shape index (κ1) is 16.7. The van der Waals surface area contributed by atoms with Crippen molar-refractivity contribution in [2.45, 2.75) is 12.6 Å². The molecule has 3 N–H and O–H groups in total. The molecule has 0 aliphatic carbocycles. The first-order valence-corrected chi connectivity index (χ1v) is 7.65. The maximum Gasteiger partial charge on any atom is 0.409 e. The van der Waals surface area contributed by atoms with E-state index in [0.717, 1.165) is 5.56 Å². The molecule has 0 spiro atoms. The number of hydrogen-bond acceptors (Lipinski definition) is 5. The molecule has 0 bridgehead atoms. The number of nitrogens with one attached hydrogen (secondary N) is 1. The second-order valence-corrected chi connectivity index (χ2v) is 5.54. The van der Waals surface area contributed by atoms with Gasteiger partial charge in [0, 0.05) is 5.56 Å². The third-order valence-electron chi connectivity index (χ3n) is 3.91. The molecule has 130 valence electrons. The Kier molecular flexibility index (Phi) is 4.80. The number of aliphatic hydroxyl groups excluding tert-OH is 1. The first-order chi connectivity index (χ1) is 12.1. The summed E-state index contributed by atoms with van der Waals surface area (Å²) >= 11 is 0. The lowest BCUT2D eigenvalue weighted by atomic mass is 10.1. The quantitative estimate of drug-likeness (QED) is 0.781. The van der Waals surface area contributed by atoms with Gasteiger partial charge in [-0.3, -0.25) is 10.1 Å². The Labute approximate surface area is 143 Å². The Morgan fingerprint density at radius 2 is 2.08 bits per heavy atom. The van der Waals surface area contributed by atoms with Crippen molar-refractivity contribution in [1.82, 2.24) is 9.88 Å². The van der Waals surface area contributed by atoms with Gasteiger partial charge in [0.15, 0.2) is 0 Å². The lowest BCUT2D eigenvalue weighted by molar-refractivity contribution is -0.137. The molecule has 1 aliphatic heterocycles. The van der Waals surface area contributed by atoms with Gasteiger partial charge >= 0.3 is 6.09 Å². The van der Waals surface area contributed by atoms with Crippen molar-refractivity contribution in [3.05, 3.63) is 53.7 Å². The minimum absolute atomic E-state index is 0.149. The van der Waals surface area contributed by atoms with E-state index in [0.29, 0.717) is 11.4 Å². The van der Waals surface area contributed by atoms with Gasteiger partial charge in [0.25, 0.3) is 0 Å². The molecule has 2 aromatic rings. The molecule has 25 heavy (non-hydrogen) atoms. The topological polar surface area (TPSA) is 112 Å². The molecule has 0 saturated heterocycles. The average molecular weight is 343 g/mol. The van der Waals surface area contributed by atoms with E-state index in [-0.39, 0.29) is 24.9 Å². The lowest BCUT2D eigenvalue weighted by Crippen LogP contribution is -2.37. The number of carbonyl (C=O) groups is 2. The highest BCUT2D eigenvalue weighted by molar-refractivity contribution is 5.83. The molecule has 2 amide bonds. The summed E-state index contributed by atoms with van der Waals surface area (Å²) in [5, 5.41) is 20.4. The largest absolute Gasteiger partial charge is 0.475 e. The van der Waals surface area contributed by atoms with Crippen LogP contribution < -0.4 is 10.1 Å². The van der Waals surface area contributed by atoms with Gasteiger partial charge in [-0.15, -0.1) is 0 Å². The minimum atomic E-state index is -1.21. The zero-order valence-electron chi connectivity index (χ0n) is 13.3. The van der Waals surface area contributed by atoms with E-state index in [1.165, 1.54) is 11.1 Å². The van der Waals surface area contributed by atoms with Crippen molar-refractivity contribution in [3.63, 3.8) is 0 Å². The first-order valence-electron chi connectivity index (χ1n) is 7.65. The SMILES string of the molecule is O=C(O)Nc1cnc2c(c1)CN(C(=O)CO)[C@H](c1ccccc1)CO2. The van der Waals surface area contributed by atoms with Crippen molar-refractivity contribution in [2.24, 2.45) is 0 Å². The Morgan fingerprint density at radius 3 is 2.76 bits per heavy atom. The Balaban J connectivity index is 1.95. The molecule has 8 nitrogen and oxygen atoms in total. The lowest BCUT2D eigenvalue weighted by Gasteiger charge is -2.29. The number of pyridine rings is 1. The Morgan fingerprint density at radius 1 is 1.32 bits per heavy atom. The van der Waals surface area contributed by atoms with Gasteiger partial charge in [-0.05, 0) is 11.6 Å². The van der Waals surface area contributed by atoms with Crippen molar-refractivity contribution in [3.8, 4) is 5.88 Å². The van der Waals surface area contributed by atoms with Gasteiger partial charge in [-0.25, -0.2) is 9.78 Å². The number of carboxylic acid groups (broad SMARTS) is 1. The predicted molar refractivity (Wildman–Crippen MR) is 88.2 cm³/mol. The summed E-state index contributed by atoms with van der Waals surface area (Å²) in [7, 11) is 0. The minimum Gasteiger partial charge on any atom is -0.475 e. The number of rotatable bonds is 3. The van der Waals surface area contributed by atoms with Crippen molar-refractivity contribution in [1.29, 1.82) is 0 Å². The number of anilines is 1. The highest BCUT2D eigenvalue weighted by Crippen LogP contribution is 2.31. The standard InChI is InChI=1S/C17H17N3O5/c21-9-15(22)20-8-12-6-13(19-17(23)24)7-18-16(12)25-10-14(20)11-4-2-1-3-5-11/h1-7,14,19,21H,8-10H2,(H,23,24)/t14-/m0/s1. The van der Waals surface area contributed by atoms with Crippen LogP contribution in [-0.2, 0) is 11.3 Å². The van der Waals surface area contributed by atoms with Crippen LogP contribution in [0.5, 0.6) is 5.88 Å². The van der Waals surface area contributed by atoms with Gasteiger partial charge in [0.2, 0.25) is 11.8 Å². The van der Waals surface area contributed by atoms with E-state index in [9.17, 15) is 14.7 Å². The second kappa shape index (κ2) is 7.18. The van der Waals surface area contributed by atoms with E-state index in [4.69, 9.17) is 9.84 Å². The molecular formula is C17H17N3O5. The molecule has 0 unspecified atom stereocenters. The van der Waals surface area contributed by atoms with Gasteiger partial charge in [-0.2, -0.15) is 0 Å². The van der Waals surface area contributed by atoms with E-state index >= 15 is 0 Å². The normalized spacial score (nSPS) is 16.4. The van der Waals surface area contributed by atoms with Crippen molar-refractivity contribution < 1.29 is 24.5 Å². The molecule has 1 aromatic heterocycles. The van der Waals surface area contributed by atoms with Crippen molar-refractivity contribution >= 4 is 17.7 Å². The number of aromatic nitrogens is 1. The van der Waals surface area contributed by atoms with Gasteiger partial charge in [0.1, 0.15) is 13.2 Å². The van der Waals surface area contributed by atoms with Crippen LogP contribution in [0, 0.1) is 0 Å². The average Bonchev–Trinajstić information content (AvgIpc) is 2.80. The summed E-state index contributed by atoms with van der Waals surface area (Å²) < 4.78 is 5.74. The van der Waals surface area contributed by atoms with E-state index in [1.807, 2.05) is 30.3 Å². The van der Waals surface area contributed by atoms with Crippen LogP contribution >= 0.6 is 0 Å². The molecule has 8 heteroatoms. The van der Waals surface area contributed by atoms with Crippen LogP contribution in [0.25, 0.3) is 0 Å². The number of hydrogen-bond donors (Lipinski definition) is 3. The Hall–Kier alpha value is -3.13. The summed E-state index contributed by atoms with van der Waals surface area (Å²) in [5.41, 5.74) is 1.72. The zero-order valence-corrected chi connectivity index (χ0v) is 13.3. The molecule has 1 atom stereocenters. The molecule has 1 aromatic carbocycles. The van der Waals surface area contributed by atoms with Crippen LogP contribution in [0.15, 0.2) is 42.6 Å². The summed E-state index contributed by atoms with van der Waals surface area (Å²) in [6, 6.07) is 10.6. The third kappa shape index (κ3) is 3.69. The summed E-state index contributed by atoms with van der Waals surface area (Å²) in [5.74, 6) is -0.105. The fourth-order valence-electron chi connectivity index (χ4n) is 2.78. The van der Waals surface area contributed by atoms with Crippen LogP contribution in [0.3, 0.4) is 0 Å². The number of amides is 2. The van der Waals surface area contributed by atoms with Crippen LogP contribution in [0.1, 0.15) is 17.2 Å². The number of ether oxygens (including phenoxy) is 1. The number of fused-ring (bicyclic) bond motifs is 1. The van der Waals surface area contributed by atoms with Crippen LogP contribution in [0.2, 0.25) is 0 Å². The van der Waals surface area contributed by atoms with E-state index < -0.39 is 18.6 Å². The summed E-state index contributed by atoms with van der Waals surface area (Å²) in [6.45, 7) is -0.295. The van der Waals surface area contributed by atoms with E-state index in [2.05, 4.69) is 10.3 Å². The number of nitrogens with zero attached hydrogens (tertiary/aromatic N) is 2. The maximum absolute atomic E-state index is 12.3. The smallest absolute Gasteiger partial charge is 0.409 e. The molecule has 2 heterocycles. The predicted octanol–water partition coefficient (Wildman–Crippen LogP) is 1.63. The van der Waals surface area contributed by atoms with Gasteiger partial charge in [0.05, 0.1) is 24.5 Å². The number of carbonyl (C=O) groups excluding carboxylic acids is 1. The number of aliphatic hydroxyl groups is 1. The molecule has 0 fully saturated rings.